The van der Waals surface area contributed by atoms with Crippen LogP contribution in [0, 0.1) is 0 Å². The van der Waals surface area contributed by atoms with Crippen molar-refractivity contribution in [1.82, 2.24) is 0 Å². The van der Waals surface area contributed by atoms with E-state index in [1.807, 2.05) is 30.3 Å². The lowest BCUT2D eigenvalue weighted by Crippen LogP contribution is -2.09. The van der Waals surface area contributed by atoms with Crippen LogP contribution in [0.4, 0.5) is 0 Å². The fourth-order valence-electron chi connectivity index (χ4n) is 2.16. The van der Waals surface area contributed by atoms with E-state index in [2.05, 4.69) is 15.9 Å². The van der Waals surface area contributed by atoms with Gasteiger partial charge in [0.2, 0.25) is 0 Å². The zero-order valence-electron chi connectivity index (χ0n) is 10.4. The Morgan fingerprint density at radius 1 is 1.05 bits per heavy atom. The van der Waals surface area contributed by atoms with E-state index < -0.39 is 0 Å². The Balaban J connectivity index is 2.43. The van der Waals surface area contributed by atoms with E-state index in [4.69, 9.17) is 16.0 Å². The molecule has 1 aromatic heterocycles. The van der Waals surface area contributed by atoms with Gasteiger partial charge in [-0.15, -0.1) is 0 Å². The van der Waals surface area contributed by atoms with Crippen molar-refractivity contribution in [3.8, 4) is 11.3 Å². The number of alkyl halides is 1. The number of hydrogen-bond donors (Lipinski definition) is 0. The van der Waals surface area contributed by atoms with Gasteiger partial charge in [-0.1, -0.05) is 63.9 Å². The predicted octanol–water partition coefficient (Wildman–Crippen LogP) is 5.01. The largest absolute Gasteiger partial charge is 0.454 e. The van der Waals surface area contributed by atoms with Gasteiger partial charge in [-0.3, -0.25) is 4.79 Å². The molecule has 0 bridgehead atoms. The first kappa shape index (κ1) is 13.4. The summed E-state index contributed by atoms with van der Waals surface area (Å²) in [5, 5.41) is 1.38. The molecular formula is C16H10BrClO2. The summed E-state index contributed by atoms with van der Waals surface area (Å²) in [6.07, 6.45) is 0. The Morgan fingerprint density at radius 2 is 1.80 bits per heavy atom. The highest BCUT2D eigenvalue weighted by Gasteiger charge is 2.16. The lowest BCUT2D eigenvalue weighted by molar-refractivity contribution is 0.614. The van der Waals surface area contributed by atoms with Gasteiger partial charge in [0.1, 0.15) is 5.76 Å². The summed E-state index contributed by atoms with van der Waals surface area (Å²) in [6, 6.07) is 14.8. The molecule has 3 aromatic rings. The molecule has 0 saturated carbocycles. The molecule has 0 aliphatic heterocycles. The van der Waals surface area contributed by atoms with Gasteiger partial charge in [0, 0.05) is 10.9 Å². The number of para-hydroxylation sites is 1. The maximum absolute atomic E-state index is 12.6. The van der Waals surface area contributed by atoms with Crippen LogP contribution in [-0.2, 0) is 5.33 Å². The van der Waals surface area contributed by atoms with Crippen molar-refractivity contribution in [3.05, 3.63) is 69.3 Å². The third kappa shape index (κ3) is 2.17. The fourth-order valence-corrected chi connectivity index (χ4v) is 2.89. The number of hydrogen-bond acceptors (Lipinski definition) is 2. The molecule has 100 valence electrons. The van der Waals surface area contributed by atoms with Crippen LogP contribution >= 0.6 is 27.5 Å². The third-order valence-electron chi connectivity index (χ3n) is 3.13. The van der Waals surface area contributed by atoms with Crippen LogP contribution in [0.3, 0.4) is 0 Å². The second-order valence-electron chi connectivity index (χ2n) is 4.36. The highest BCUT2D eigenvalue weighted by atomic mass is 79.9. The molecule has 2 nitrogen and oxygen atoms in total. The minimum absolute atomic E-state index is 0.0514. The van der Waals surface area contributed by atoms with E-state index in [1.54, 1.807) is 18.2 Å². The predicted molar refractivity (Wildman–Crippen MR) is 85.6 cm³/mol. The molecule has 0 aliphatic rings. The van der Waals surface area contributed by atoms with Crippen molar-refractivity contribution in [2.75, 3.05) is 0 Å². The molecule has 0 fully saturated rings. The van der Waals surface area contributed by atoms with Crippen molar-refractivity contribution in [2.24, 2.45) is 0 Å². The highest BCUT2D eigenvalue weighted by Crippen LogP contribution is 2.30. The van der Waals surface area contributed by atoms with Crippen LogP contribution in [0.25, 0.3) is 22.3 Å². The first-order valence-corrected chi connectivity index (χ1v) is 7.58. The van der Waals surface area contributed by atoms with E-state index in [0.717, 1.165) is 5.56 Å². The fraction of sp³-hybridized carbons (Fsp3) is 0.0625. The lowest BCUT2D eigenvalue weighted by Gasteiger charge is -2.09. The number of halogens is 2. The molecule has 0 N–H and O–H groups in total. The Kier molecular flexibility index (Phi) is 3.64. The molecule has 0 aliphatic carbocycles. The lowest BCUT2D eigenvalue weighted by atomic mass is 10.1. The Bertz CT molecular complexity index is 825. The first-order valence-electron chi connectivity index (χ1n) is 6.08. The molecule has 0 atom stereocenters. The molecule has 2 aromatic carbocycles. The van der Waals surface area contributed by atoms with Gasteiger partial charge < -0.3 is 4.42 Å². The van der Waals surface area contributed by atoms with Crippen molar-refractivity contribution < 1.29 is 4.42 Å². The summed E-state index contributed by atoms with van der Waals surface area (Å²) < 4.78 is 5.92. The first-order chi connectivity index (χ1) is 9.72. The maximum Gasteiger partial charge on any atom is 0.197 e. The van der Waals surface area contributed by atoms with Crippen LogP contribution in [0.5, 0.6) is 0 Å². The van der Waals surface area contributed by atoms with Crippen molar-refractivity contribution in [3.63, 3.8) is 0 Å². The summed E-state index contributed by atoms with van der Waals surface area (Å²) >= 11 is 9.51. The van der Waals surface area contributed by atoms with E-state index >= 15 is 0 Å². The molecule has 3 rings (SSSR count). The summed E-state index contributed by atoms with van der Waals surface area (Å²) in [5.41, 5.74) is 1.85. The van der Waals surface area contributed by atoms with E-state index in [0.29, 0.717) is 32.6 Å². The van der Waals surface area contributed by atoms with Crippen LogP contribution < -0.4 is 5.43 Å². The van der Waals surface area contributed by atoms with Gasteiger partial charge in [-0.05, 0) is 12.1 Å². The number of benzene rings is 2. The van der Waals surface area contributed by atoms with Crippen molar-refractivity contribution in [1.29, 1.82) is 0 Å². The third-order valence-corrected chi connectivity index (χ3v) is 3.99. The second kappa shape index (κ2) is 5.43. The maximum atomic E-state index is 12.6. The SMILES string of the molecule is O=c1c(CBr)c(-c2ccccc2)oc2c(Cl)cccc12. The average Bonchev–Trinajstić information content (AvgIpc) is 2.49. The molecule has 20 heavy (non-hydrogen) atoms. The van der Waals surface area contributed by atoms with Crippen LogP contribution in [-0.4, -0.2) is 0 Å². The monoisotopic (exact) mass is 348 g/mol. The van der Waals surface area contributed by atoms with Crippen LogP contribution in [0.15, 0.2) is 57.7 Å². The summed E-state index contributed by atoms with van der Waals surface area (Å²) in [6.45, 7) is 0. The zero-order valence-corrected chi connectivity index (χ0v) is 12.7. The van der Waals surface area contributed by atoms with Gasteiger partial charge in [-0.2, -0.15) is 0 Å². The highest BCUT2D eigenvalue weighted by molar-refractivity contribution is 9.08. The number of rotatable bonds is 2. The molecule has 0 unspecified atom stereocenters. The minimum Gasteiger partial charge on any atom is -0.454 e. The summed E-state index contributed by atoms with van der Waals surface area (Å²) in [5.74, 6) is 0.563. The van der Waals surface area contributed by atoms with E-state index in [9.17, 15) is 4.79 Å². The smallest absolute Gasteiger partial charge is 0.197 e. The molecule has 4 heteroatoms. The molecule has 0 saturated heterocycles. The topological polar surface area (TPSA) is 30.2 Å². The number of fused-ring (bicyclic) bond motifs is 1. The van der Waals surface area contributed by atoms with Gasteiger partial charge >= 0.3 is 0 Å². The second-order valence-corrected chi connectivity index (χ2v) is 5.32. The standard InChI is InChI=1S/C16H10BrClO2/c17-9-12-14(19)11-7-4-8-13(18)16(11)20-15(12)10-5-2-1-3-6-10/h1-8H,9H2. The van der Waals surface area contributed by atoms with Crippen molar-refractivity contribution in [2.45, 2.75) is 5.33 Å². The van der Waals surface area contributed by atoms with Crippen LogP contribution in [0.1, 0.15) is 5.56 Å². The van der Waals surface area contributed by atoms with Gasteiger partial charge in [0.25, 0.3) is 0 Å². The Morgan fingerprint density at radius 3 is 2.50 bits per heavy atom. The van der Waals surface area contributed by atoms with Gasteiger partial charge in [0.05, 0.1) is 16.0 Å². The Hall–Kier alpha value is -1.58. The molecular weight excluding hydrogens is 340 g/mol. The molecule has 0 radical (unpaired) electrons. The van der Waals surface area contributed by atoms with Crippen molar-refractivity contribution >= 4 is 38.5 Å². The molecule has 1 heterocycles. The van der Waals surface area contributed by atoms with Gasteiger partial charge in [-0.25, -0.2) is 0 Å². The molecule has 0 spiro atoms. The van der Waals surface area contributed by atoms with E-state index in [-0.39, 0.29) is 5.43 Å². The summed E-state index contributed by atoms with van der Waals surface area (Å²) in [7, 11) is 0. The van der Waals surface area contributed by atoms with E-state index in [1.165, 1.54) is 0 Å². The normalized spacial score (nSPS) is 10.9. The molecule has 0 amide bonds. The quantitative estimate of drug-likeness (QED) is 0.609. The summed E-state index contributed by atoms with van der Waals surface area (Å²) in [4.78, 5) is 12.6. The average molecular weight is 350 g/mol. The Labute approximate surface area is 129 Å². The zero-order chi connectivity index (χ0) is 14.1. The minimum atomic E-state index is -0.0514. The van der Waals surface area contributed by atoms with Gasteiger partial charge in [0.15, 0.2) is 11.0 Å². The van der Waals surface area contributed by atoms with Crippen LogP contribution in [0.2, 0.25) is 5.02 Å².